The van der Waals surface area contributed by atoms with E-state index in [2.05, 4.69) is 26.1 Å². The predicted molar refractivity (Wildman–Crippen MR) is 70.1 cm³/mol. The maximum absolute atomic E-state index is 12.2. The summed E-state index contributed by atoms with van der Waals surface area (Å²) in [7, 11) is 0. The van der Waals surface area contributed by atoms with Crippen LogP contribution in [0.3, 0.4) is 0 Å². The Morgan fingerprint density at radius 2 is 1.94 bits per heavy atom. The molecule has 0 saturated heterocycles. The molecule has 0 radical (unpaired) electrons. The maximum atomic E-state index is 12.2. The summed E-state index contributed by atoms with van der Waals surface area (Å²) < 4.78 is 0. The number of rotatable bonds is 3. The number of nitrogens with one attached hydrogen (secondary N) is 1. The fraction of sp³-hybridized carbons (Fsp3) is 0.833. The van der Waals surface area contributed by atoms with Crippen molar-refractivity contribution in [3.63, 3.8) is 0 Å². The highest BCUT2D eigenvalue weighted by Crippen LogP contribution is 2.41. The monoisotopic (exact) mass is 242 g/mol. The van der Waals surface area contributed by atoms with E-state index in [1.165, 1.54) is 0 Å². The van der Waals surface area contributed by atoms with Gasteiger partial charge in [-0.2, -0.15) is 0 Å². The maximum Gasteiger partial charge on any atom is 0.233 e. The molecule has 0 aromatic rings. The van der Waals surface area contributed by atoms with Gasteiger partial charge in [0.1, 0.15) is 0 Å². The lowest BCUT2D eigenvalue weighted by Crippen LogP contribution is -2.56. The minimum Gasteiger partial charge on any atom is -0.392 e. The van der Waals surface area contributed by atoms with E-state index < -0.39 is 5.41 Å². The van der Waals surface area contributed by atoms with E-state index in [9.17, 15) is 4.79 Å². The van der Waals surface area contributed by atoms with Crippen LogP contribution in [0, 0.1) is 10.8 Å². The Bertz CT molecular complexity index is 303. The van der Waals surface area contributed by atoms with Gasteiger partial charge >= 0.3 is 0 Å². The molecule has 0 aromatic heterocycles. The van der Waals surface area contributed by atoms with Crippen LogP contribution in [-0.4, -0.2) is 16.9 Å². The summed E-state index contributed by atoms with van der Waals surface area (Å²) in [5, 5.41) is 3.04. The molecule has 1 aliphatic rings. The van der Waals surface area contributed by atoms with Crippen molar-refractivity contribution in [2.75, 3.05) is 0 Å². The quantitative estimate of drug-likeness (QED) is 0.744. The fourth-order valence-corrected chi connectivity index (χ4v) is 1.96. The van der Waals surface area contributed by atoms with Crippen LogP contribution in [0.25, 0.3) is 0 Å². The van der Waals surface area contributed by atoms with E-state index in [-0.39, 0.29) is 17.4 Å². The second kappa shape index (κ2) is 4.32. The van der Waals surface area contributed by atoms with Gasteiger partial charge in [0.15, 0.2) is 0 Å². The SMILES string of the molecule is CC(NC(=O)C1(C(N)=S)CCC1)C(C)(C)C. The average molecular weight is 242 g/mol. The molecule has 1 unspecified atom stereocenters. The highest BCUT2D eigenvalue weighted by atomic mass is 32.1. The Hall–Kier alpha value is -0.640. The zero-order valence-corrected chi connectivity index (χ0v) is 11.4. The van der Waals surface area contributed by atoms with Crippen molar-refractivity contribution in [1.82, 2.24) is 5.32 Å². The average Bonchev–Trinajstić information content (AvgIpc) is 1.98. The minimum absolute atomic E-state index is 0.00803. The van der Waals surface area contributed by atoms with E-state index >= 15 is 0 Å². The molecule has 4 heteroatoms. The van der Waals surface area contributed by atoms with Gasteiger partial charge in [-0.25, -0.2) is 0 Å². The Labute approximate surface area is 103 Å². The molecule has 0 aromatic carbocycles. The van der Waals surface area contributed by atoms with Gasteiger partial charge < -0.3 is 11.1 Å². The molecule has 0 heterocycles. The molecule has 16 heavy (non-hydrogen) atoms. The lowest BCUT2D eigenvalue weighted by atomic mass is 9.67. The van der Waals surface area contributed by atoms with E-state index in [1.54, 1.807) is 0 Å². The summed E-state index contributed by atoms with van der Waals surface area (Å²) in [6.45, 7) is 8.33. The van der Waals surface area contributed by atoms with Gasteiger partial charge in [-0.1, -0.05) is 39.4 Å². The first kappa shape index (κ1) is 13.4. The highest BCUT2D eigenvalue weighted by molar-refractivity contribution is 7.80. The van der Waals surface area contributed by atoms with Gasteiger partial charge in [0, 0.05) is 6.04 Å². The summed E-state index contributed by atoms with van der Waals surface area (Å²) in [4.78, 5) is 12.5. The van der Waals surface area contributed by atoms with Crippen molar-refractivity contribution >= 4 is 23.1 Å². The molecule has 3 N–H and O–H groups in total. The van der Waals surface area contributed by atoms with Crippen LogP contribution in [0.2, 0.25) is 0 Å². The van der Waals surface area contributed by atoms with Gasteiger partial charge in [0.05, 0.1) is 10.4 Å². The zero-order chi connectivity index (χ0) is 12.6. The predicted octanol–water partition coefficient (Wildman–Crippen LogP) is 1.99. The smallest absolute Gasteiger partial charge is 0.233 e. The molecule has 0 spiro atoms. The van der Waals surface area contributed by atoms with E-state index in [0.717, 1.165) is 19.3 Å². The van der Waals surface area contributed by atoms with E-state index in [1.807, 2.05) is 6.92 Å². The molecule has 1 fully saturated rings. The van der Waals surface area contributed by atoms with Crippen LogP contribution >= 0.6 is 12.2 Å². The Morgan fingerprint density at radius 1 is 1.44 bits per heavy atom. The topological polar surface area (TPSA) is 55.1 Å². The third-order valence-electron chi connectivity index (χ3n) is 3.76. The molecule has 92 valence electrons. The Kier molecular flexibility index (Phi) is 3.62. The van der Waals surface area contributed by atoms with Crippen LogP contribution in [0.15, 0.2) is 0 Å². The van der Waals surface area contributed by atoms with Crippen molar-refractivity contribution in [1.29, 1.82) is 0 Å². The number of thiocarbonyl (C=S) groups is 1. The van der Waals surface area contributed by atoms with Crippen molar-refractivity contribution in [2.24, 2.45) is 16.6 Å². The molecular formula is C12H22N2OS. The number of carbonyl (C=O) groups excluding carboxylic acids is 1. The normalized spacial score (nSPS) is 20.8. The molecular weight excluding hydrogens is 220 g/mol. The van der Waals surface area contributed by atoms with Crippen LogP contribution in [0.5, 0.6) is 0 Å². The second-order valence-electron chi connectivity index (χ2n) is 5.86. The van der Waals surface area contributed by atoms with Crippen molar-refractivity contribution in [3.8, 4) is 0 Å². The van der Waals surface area contributed by atoms with Gasteiger partial charge in [-0.3, -0.25) is 4.79 Å². The van der Waals surface area contributed by atoms with Gasteiger partial charge in [-0.15, -0.1) is 0 Å². The first-order chi connectivity index (χ1) is 7.20. The highest BCUT2D eigenvalue weighted by Gasteiger charge is 2.47. The minimum atomic E-state index is -0.561. The van der Waals surface area contributed by atoms with Crippen LogP contribution in [-0.2, 0) is 4.79 Å². The van der Waals surface area contributed by atoms with Crippen molar-refractivity contribution in [3.05, 3.63) is 0 Å². The lowest BCUT2D eigenvalue weighted by molar-refractivity contribution is -0.132. The lowest BCUT2D eigenvalue weighted by Gasteiger charge is -2.41. The summed E-state index contributed by atoms with van der Waals surface area (Å²) in [5.74, 6) is 0.00803. The van der Waals surface area contributed by atoms with E-state index in [0.29, 0.717) is 4.99 Å². The number of carbonyl (C=O) groups is 1. The summed E-state index contributed by atoms with van der Waals surface area (Å²) in [5.41, 5.74) is 5.18. The molecule has 0 bridgehead atoms. The van der Waals surface area contributed by atoms with Gasteiger partial charge in [0.25, 0.3) is 0 Å². The summed E-state index contributed by atoms with van der Waals surface area (Å²) in [6, 6.07) is 0.117. The van der Waals surface area contributed by atoms with Crippen LogP contribution < -0.4 is 11.1 Å². The van der Waals surface area contributed by atoms with Crippen molar-refractivity contribution < 1.29 is 4.79 Å². The Morgan fingerprint density at radius 3 is 2.19 bits per heavy atom. The molecule has 0 aliphatic heterocycles. The molecule has 1 atom stereocenters. The van der Waals surface area contributed by atoms with Crippen LogP contribution in [0.4, 0.5) is 0 Å². The molecule has 3 nitrogen and oxygen atoms in total. The third kappa shape index (κ3) is 2.37. The number of hydrogen-bond donors (Lipinski definition) is 2. The molecule has 1 rings (SSSR count). The number of hydrogen-bond acceptors (Lipinski definition) is 2. The fourth-order valence-electron chi connectivity index (χ4n) is 1.67. The molecule has 1 saturated carbocycles. The van der Waals surface area contributed by atoms with Crippen LogP contribution in [0.1, 0.15) is 47.0 Å². The standard InChI is InChI=1S/C12H22N2OS/c1-8(11(2,3)4)14-10(15)12(9(13)16)6-5-7-12/h8H,5-7H2,1-4H3,(H2,13,16)(H,14,15). The first-order valence-corrected chi connectivity index (χ1v) is 6.22. The zero-order valence-electron chi connectivity index (χ0n) is 10.6. The summed E-state index contributed by atoms with van der Waals surface area (Å²) >= 11 is 5.02. The van der Waals surface area contributed by atoms with E-state index in [4.69, 9.17) is 18.0 Å². The van der Waals surface area contributed by atoms with Gasteiger partial charge in [0.2, 0.25) is 5.91 Å². The largest absolute Gasteiger partial charge is 0.392 e. The Balaban J connectivity index is 2.68. The van der Waals surface area contributed by atoms with Gasteiger partial charge in [-0.05, 0) is 25.2 Å². The van der Waals surface area contributed by atoms with Crippen molar-refractivity contribution in [2.45, 2.75) is 53.0 Å². The third-order valence-corrected chi connectivity index (χ3v) is 4.15. The summed E-state index contributed by atoms with van der Waals surface area (Å²) in [6.07, 6.45) is 2.63. The first-order valence-electron chi connectivity index (χ1n) is 5.81. The molecule has 1 aliphatic carbocycles. The number of nitrogens with two attached hydrogens (primary N) is 1. The molecule has 1 amide bonds. The second-order valence-corrected chi connectivity index (χ2v) is 6.30. The number of amides is 1.